The van der Waals surface area contributed by atoms with E-state index in [9.17, 15) is 9.35 Å². The fourth-order valence-electron chi connectivity index (χ4n) is 2.68. The van der Waals surface area contributed by atoms with Crippen LogP contribution >= 0.6 is 0 Å². The Hall–Kier alpha value is -2.32. The van der Waals surface area contributed by atoms with E-state index in [0.29, 0.717) is 23.8 Å². The zero-order chi connectivity index (χ0) is 17.8. The van der Waals surface area contributed by atoms with E-state index in [1.807, 2.05) is 42.2 Å². The molecule has 2 unspecified atom stereocenters. The van der Waals surface area contributed by atoms with E-state index in [2.05, 4.69) is 15.3 Å². The van der Waals surface area contributed by atoms with E-state index >= 15 is 0 Å². The van der Waals surface area contributed by atoms with Gasteiger partial charge in [-0.25, -0.2) is 0 Å². The van der Waals surface area contributed by atoms with E-state index < -0.39 is 17.3 Å². The van der Waals surface area contributed by atoms with Crippen LogP contribution in [0.2, 0.25) is 0 Å². The normalized spacial score (nSPS) is 17.0. The molecule has 0 bridgehead atoms. The number of nitrogens with zero attached hydrogens (tertiary/aromatic N) is 3. The van der Waals surface area contributed by atoms with Gasteiger partial charge in [-0.1, -0.05) is 43.7 Å². The number of aldehydes is 1. The standard InChI is InChI=1S/C17H21N5O2S/c1-2-3-9-25(24)17-20-15(18)14-16(21-17)22(13(11-23)19-14)10-12-7-5-4-6-8-12/h4-8,11,13,19H,2-3,9-10H2,1H3,(H2,18,20,21). The van der Waals surface area contributed by atoms with Crippen molar-refractivity contribution in [1.29, 1.82) is 0 Å². The van der Waals surface area contributed by atoms with Crippen LogP contribution in [0.3, 0.4) is 0 Å². The maximum absolute atomic E-state index is 12.4. The second kappa shape index (κ2) is 7.71. The Labute approximate surface area is 149 Å². The number of carbonyl (C=O) groups excluding carboxylic acids is 1. The third kappa shape index (κ3) is 3.69. The molecular weight excluding hydrogens is 338 g/mol. The molecule has 1 aromatic carbocycles. The molecule has 2 heterocycles. The van der Waals surface area contributed by atoms with Gasteiger partial charge in [-0.2, -0.15) is 9.97 Å². The molecule has 3 rings (SSSR count). The second-order valence-corrected chi connectivity index (χ2v) is 7.30. The minimum Gasteiger partial charge on any atom is -0.609 e. The Kier molecular flexibility index (Phi) is 5.40. The third-order valence-electron chi connectivity index (χ3n) is 4.01. The lowest BCUT2D eigenvalue weighted by molar-refractivity contribution is -0.108. The molecule has 0 saturated heterocycles. The molecule has 0 amide bonds. The number of benzene rings is 1. The number of fused-ring (bicyclic) bond motifs is 1. The molecule has 0 saturated carbocycles. The number of nitrogen functional groups attached to an aromatic ring is 1. The molecule has 1 aliphatic rings. The highest BCUT2D eigenvalue weighted by Crippen LogP contribution is 2.37. The number of carbonyl (C=O) groups is 1. The van der Waals surface area contributed by atoms with Crippen LogP contribution in [-0.2, 0) is 22.5 Å². The molecule has 8 heteroatoms. The van der Waals surface area contributed by atoms with Gasteiger partial charge in [0.25, 0.3) is 0 Å². The molecule has 7 nitrogen and oxygen atoms in total. The Morgan fingerprint density at radius 3 is 2.80 bits per heavy atom. The lowest BCUT2D eigenvalue weighted by Gasteiger charge is -2.22. The number of rotatable bonds is 7. The molecular formula is C17H21N5O2S. The summed E-state index contributed by atoms with van der Waals surface area (Å²) >= 11 is -1.31. The number of anilines is 3. The summed E-state index contributed by atoms with van der Waals surface area (Å²) in [6.45, 7) is 2.52. The molecule has 25 heavy (non-hydrogen) atoms. The van der Waals surface area contributed by atoms with Gasteiger partial charge in [0.05, 0.1) is 0 Å². The average Bonchev–Trinajstić information content (AvgIpc) is 2.99. The number of unbranched alkanes of at least 4 members (excludes halogenated alkanes) is 1. The minimum absolute atomic E-state index is 0.215. The number of aromatic nitrogens is 2. The second-order valence-electron chi connectivity index (χ2n) is 5.83. The summed E-state index contributed by atoms with van der Waals surface area (Å²) in [5.41, 5.74) is 7.58. The first kappa shape index (κ1) is 17.5. The van der Waals surface area contributed by atoms with Crippen molar-refractivity contribution in [1.82, 2.24) is 9.97 Å². The lowest BCUT2D eigenvalue weighted by Crippen LogP contribution is -2.36. The Morgan fingerprint density at radius 1 is 1.36 bits per heavy atom. The van der Waals surface area contributed by atoms with Crippen molar-refractivity contribution >= 4 is 34.8 Å². The van der Waals surface area contributed by atoms with Crippen LogP contribution in [-0.4, -0.2) is 32.7 Å². The number of nitrogens with two attached hydrogens (primary N) is 1. The molecule has 2 atom stereocenters. The van der Waals surface area contributed by atoms with Gasteiger partial charge in [0, 0.05) is 17.7 Å². The smallest absolute Gasteiger partial charge is 0.346 e. The van der Waals surface area contributed by atoms with Gasteiger partial charge in [0.15, 0.2) is 24.1 Å². The molecule has 2 aromatic rings. The Balaban J connectivity index is 1.93. The highest BCUT2D eigenvalue weighted by atomic mass is 32.2. The molecule has 0 spiro atoms. The van der Waals surface area contributed by atoms with Crippen molar-refractivity contribution in [2.45, 2.75) is 37.6 Å². The lowest BCUT2D eigenvalue weighted by atomic mass is 10.2. The quantitative estimate of drug-likeness (QED) is 0.442. The van der Waals surface area contributed by atoms with Gasteiger partial charge in [0.1, 0.15) is 11.4 Å². The summed E-state index contributed by atoms with van der Waals surface area (Å²) in [6, 6.07) is 9.77. The molecule has 0 aliphatic carbocycles. The topological polar surface area (TPSA) is 107 Å². The monoisotopic (exact) mass is 359 g/mol. The van der Waals surface area contributed by atoms with E-state index in [0.717, 1.165) is 24.7 Å². The van der Waals surface area contributed by atoms with E-state index in [1.165, 1.54) is 0 Å². The third-order valence-corrected chi connectivity index (χ3v) is 5.26. The molecule has 0 radical (unpaired) electrons. The van der Waals surface area contributed by atoms with Gasteiger partial charge in [0.2, 0.25) is 0 Å². The minimum atomic E-state index is -1.31. The fourth-order valence-corrected chi connectivity index (χ4v) is 3.80. The average molecular weight is 359 g/mol. The molecule has 3 N–H and O–H groups in total. The first-order valence-corrected chi connectivity index (χ1v) is 9.54. The first-order valence-electron chi connectivity index (χ1n) is 8.22. The van der Waals surface area contributed by atoms with Gasteiger partial charge in [-0.05, 0) is 12.0 Å². The van der Waals surface area contributed by atoms with Crippen molar-refractivity contribution in [3.8, 4) is 0 Å². The number of nitrogens with one attached hydrogen (secondary N) is 1. The van der Waals surface area contributed by atoms with Crippen molar-refractivity contribution < 1.29 is 9.35 Å². The summed E-state index contributed by atoms with van der Waals surface area (Å²) in [7, 11) is 0. The van der Waals surface area contributed by atoms with Gasteiger partial charge in [-0.3, -0.25) is 4.79 Å². The van der Waals surface area contributed by atoms with Crippen LogP contribution in [0.5, 0.6) is 0 Å². The maximum Gasteiger partial charge on any atom is 0.346 e. The molecule has 1 aliphatic heterocycles. The van der Waals surface area contributed by atoms with Crippen molar-refractivity contribution in [2.24, 2.45) is 0 Å². The number of hydrogen-bond donors (Lipinski definition) is 2. The number of hydrogen-bond acceptors (Lipinski definition) is 7. The highest BCUT2D eigenvalue weighted by molar-refractivity contribution is 7.91. The Bertz CT molecular complexity index is 743. The van der Waals surface area contributed by atoms with E-state index in [4.69, 9.17) is 5.73 Å². The molecule has 1 aromatic heterocycles. The predicted octanol–water partition coefficient (Wildman–Crippen LogP) is 1.92. The van der Waals surface area contributed by atoms with E-state index in [-0.39, 0.29) is 11.0 Å². The summed E-state index contributed by atoms with van der Waals surface area (Å²) in [4.78, 5) is 21.9. The molecule has 0 fully saturated rings. The summed E-state index contributed by atoms with van der Waals surface area (Å²) in [6.07, 6.45) is 2.00. The van der Waals surface area contributed by atoms with Crippen LogP contribution in [0.1, 0.15) is 25.3 Å². The van der Waals surface area contributed by atoms with E-state index in [1.54, 1.807) is 0 Å². The predicted molar refractivity (Wildman–Crippen MR) is 98.7 cm³/mol. The van der Waals surface area contributed by atoms with Crippen molar-refractivity contribution in [2.75, 3.05) is 21.7 Å². The van der Waals surface area contributed by atoms with Crippen molar-refractivity contribution in [3.63, 3.8) is 0 Å². The van der Waals surface area contributed by atoms with Crippen LogP contribution < -0.4 is 16.0 Å². The highest BCUT2D eigenvalue weighted by Gasteiger charge is 2.34. The zero-order valence-corrected chi connectivity index (χ0v) is 14.8. The van der Waals surface area contributed by atoms with Gasteiger partial charge in [-0.15, -0.1) is 0 Å². The van der Waals surface area contributed by atoms with Crippen LogP contribution in [0, 0.1) is 0 Å². The van der Waals surface area contributed by atoms with Crippen LogP contribution in [0.25, 0.3) is 0 Å². The van der Waals surface area contributed by atoms with Crippen LogP contribution in [0.15, 0.2) is 35.5 Å². The van der Waals surface area contributed by atoms with Gasteiger partial charge >= 0.3 is 5.16 Å². The summed E-state index contributed by atoms with van der Waals surface area (Å²) < 4.78 is 12.4. The SMILES string of the molecule is CCCC[S+]([O-])c1nc(N)c2c(n1)N(Cc1ccccc1)C(C=O)N2. The summed E-state index contributed by atoms with van der Waals surface area (Å²) in [5.74, 6) is 1.23. The van der Waals surface area contributed by atoms with Crippen molar-refractivity contribution in [3.05, 3.63) is 35.9 Å². The summed E-state index contributed by atoms with van der Waals surface area (Å²) in [5, 5.41) is 3.26. The van der Waals surface area contributed by atoms with Crippen LogP contribution in [0.4, 0.5) is 17.3 Å². The van der Waals surface area contributed by atoms with Gasteiger partial charge < -0.3 is 20.5 Å². The largest absolute Gasteiger partial charge is 0.609 e. The molecule has 132 valence electrons. The first-order chi connectivity index (χ1) is 12.1. The maximum atomic E-state index is 12.4. The Morgan fingerprint density at radius 2 is 2.12 bits per heavy atom. The zero-order valence-electron chi connectivity index (χ0n) is 14.0. The fraction of sp³-hybridized carbons (Fsp3) is 0.353.